The van der Waals surface area contributed by atoms with Crippen molar-refractivity contribution in [2.75, 3.05) is 5.32 Å². The van der Waals surface area contributed by atoms with E-state index >= 15 is 0 Å². The monoisotopic (exact) mass is 279 g/mol. The molecule has 1 aromatic carbocycles. The molecule has 0 fully saturated rings. The van der Waals surface area contributed by atoms with Crippen LogP contribution in [0.2, 0.25) is 5.02 Å². The van der Waals surface area contributed by atoms with Gasteiger partial charge in [0.15, 0.2) is 0 Å². The van der Waals surface area contributed by atoms with Crippen LogP contribution >= 0.6 is 11.6 Å². The summed E-state index contributed by atoms with van der Waals surface area (Å²) in [5.74, 6) is -0.395. The Bertz CT molecular complexity index is 609. The second-order valence-electron chi connectivity index (χ2n) is 4.89. The third-order valence-electron chi connectivity index (χ3n) is 3.64. The number of nitrogens with one attached hydrogen (secondary N) is 1. The van der Waals surface area contributed by atoms with Crippen LogP contribution in [0, 0.1) is 5.82 Å². The number of nitrogens with zero attached hydrogens (tertiary/aromatic N) is 2. The van der Waals surface area contributed by atoms with E-state index in [9.17, 15) is 4.39 Å². The van der Waals surface area contributed by atoms with E-state index in [0.29, 0.717) is 0 Å². The minimum atomic E-state index is -0.395. The first-order valence-electron chi connectivity index (χ1n) is 6.37. The van der Waals surface area contributed by atoms with Crippen LogP contribution in [0.15, 0.2) is 24.4 Å². The zero-order chi connectivity index (χ0) is 13.4. The summed E-state index contributed by atoms with van der Waals surface area (Å²) < 4.78 is 15.4. The number of fused-ring (bicyclic) bond motifs is 1. The van der Waals surface area contributed by atoms with Gasteiger partial charge >= 0.3 is 0 Å². The van der Waals surface area contributed by atoms with E-state index in [1.807, 2.05) is 17.9 Å². The van der Waals surface area contributed by atoms with Gasteiger partial charge in [0, 0.05) is 24.0 Å². The SMILES string of the molecule is Cn1ncc2c1CCCC2Nc1ccc(Cl)c(F)c1. The molecule has 0 saturated carbocycles. The average molecular weight is 280 g/mol. The van der Waals surface area contributed by atoms with Gasteiger partial charge in [0.1, 0.15) is 5.82 Å². The average Bonchev–Trinajstić information content (AvgIpc) is 2.77. The van der Waals surface area contributed by atoms with Gasteiger partial charge in [0.05, 0.1) is 17.3 Å². The second kappa shape index (κ2) is 4.85. The van der Waals surface area contributed by atoms with Gasteiger partial charge in [-0.05, 0) is 37.5 Å². The van der Waals surface area contributed by atoms with Gasteiger partial charge < -0.3 is 5.32 Å². The molecule has 0 saturated heterocycles. The number of benzene rings is 1. The van der Waals surface area contributed by atoms with Crippen molar-refractivity contribution in [2.45, 2.75) is 25.3 Å². The van der Waals surface area contributed by atoms with E-state index in [2.05, 4.69) is 10.4 Å². The lowest BCUT2D eigenvalue weighted by atomic mass is 9.93. The molecule has 3 rings (SSSR count). The summed E-state index contributed by atoms with van der Waals surface area (Å²) >= 11 is 5.69. The van der Waals surface area contributed by atoms with Crippen molar-refractivity contribution < 1.29 is 4.39 Å². The molecule has 19 heavy (non-hydrogen) atoms. The lowest BCUT2D eigenvalue weighted by molar-refractivity contribution is 0.570. The summed E-state index contributed by atoms with van der Waals surface area (Å²) in [4.78, 5) is 0. The molecule has 1 N–H and O–H groups in total. The number of aromatic nitrogens is 2. The lowest BCUT2D eigenvalue weighted by Gasteiger charge is -2.24. The maximum atomic E-state index is 13.4. The fourth-order valence-electron chi connectivity index (χ4n) is 2.64. The van der Waals surface area contributed by atoms with E-state index in [1.54, 1.807) is 12.1 Å². The van der Waals surface area contributed by atoms with Crippen molar-refractivity contribution in [1.29, 1.82) is 0 Å². The van der Waals surface area contributed by atoms with Gasteiger partial charge in [-0.2, -0.15) is 5.10 Å². The van der Waals surface area contributed by atoms with Crippen LogP contribution < -0.4 is 5.32 Å². The van der Waals surface area contributed by atoms with Crippen molar-refractivity contribution in [2.24, 2.45) is 7.05 Å². The van der Waals surface area contributed by atoms with Crippen molar-refractivity contribution in [3.05, 3.63) is 46.5 Å². The summed E-state index contributed by atoms with van der Waals surface area (Å²) in [7, 11) is 1.96. The minimum absolute atomic E-state index is 0.149. The van der Waals surface area contributed by atoms with Gasteiger partial charge in [0.2, 0.25) is 0 Å². The second-order valence-corrected chi connectivity index (χ2v) is 5.30. The van der Waals surface area contributed by atoms with Crippen LogP contribution in [0.4, 0.5) is 10.1 Å². The Hall–Kier alpha value is -1.55. The number of hydrogen-bond acceptors (Lipinski definition) is 2. The van der Waals surface area contributed by atoms with Crippen LogP contribution in [-0.4, -0.2) is 9.78 Å². The van der Waals surface area contributed by atoms with E-state index in [4.69, 9.17) is 11.6 Å². The Morgan fingerprint density at radius 3 is 3.11 bits per heavy atom. The van der Waals surface area contributed by atoms with Crippen LogP contribution in [0.5, 0.6) is 0 Å². The van der Waals surface area contributed by atoms with Crippen molar-refractivity contribution in [3.63, 3.8) is 0 Å². The largest absolute Gasteiger partial charge is 0.378 e. The summed E-state index contributed by atoms with van der Waals surface area (Å²) in [5, 5.41) is 7.82. The molecule has 0 radical (unpaired) electrons. The molecule has 1 atom stereocenters. The first kappa shape index (κ1) is 12.5. The van der Waals surface area contributed by atoms with Crippen LogP contribution in [-0.2, 0) is 13.5 Å². The maximum Gasteiger partial charge on any atom is 0.143 e. The highest BCUT2D eigenvalue weighted by Gasteiger charge is 2.23. The lowest BCUT2D eigenvalue weighted by Crippen LogP contribution is -2.17. The Morgan fingerprint density at radius 1 is 1.47 bits per heavy atom. The van der Waals surface area contributed by atoms with E-state index in [-0.39, 0.29) is 11.1 Å². The third-order valence-corrected chi connectivity index (χ3v) is 3.94. The maximum absolute atomic E-state index is 13.4. The summed E-state index contributed by atoms with van der Waals surface area (Å²) in [5.41, 5.74) is 3.23. The Kier molecular flexibility index (Phi) is 3.19. The highest BCUT2D eigenvalue weighted by molar-refractivity contribution is 6.30. The number of hydrogen-bond donors (Lipinski definition) is 1. The zero-order valence-electron chi connectivity index (χ0n) is 10.7. The molecule has 1 heterocycles. The fourth-order valence-corrected chi connectivity index (χ4v) is 2.76. The van der Waals surface area contributed by atoms with Gasteiger partial charge in [0.25, 0.3) is 0 Å². The molecule has 0 amide bonds. The summed E-state index contributed by atoms with van der Waals surface area (Å²) in [6.07, 6.45) is 5.10. The van der Waals surface area contributed by atoms with Gasteiger partial charge in [-0.1, -0.05) is 11.6 Å². The first-order valence-corrected chi connectivity index (χ1v) is 6.75. The molecule has 0 spiro atoms. The number of rotatable bonds is 2. The third kappa shape index (κ3) is 2.32. The van der Waals surface area contributed by atoms with Crippen molar-refractivity contribution >= 4 is 17.3 Å². The van der Waals surface area contributed by atoms with E-state index < -0.39 is 5.82 Å². The van der Waals surface area contributed by atoms with Gasteiger partial charge in [-0.25, -0.2) is 4.39 Å². The Labute approximate surface area is 116 Å². The molecule has 5 heteroatoms. The molecular weight excluding hydrogens is 265 g/mol. The zero-order valence-corrected chi connectivity index (χ0v) is 11.4. The first-order chi connectivity index (χ1) is 9.15. The van der Waals surface area contributed by atoms with Crippen LogP contribution in [0.1, 0.15) is 30.1 Å². The Morgan fingerprint density at radius 2 is 2.32 bits per heavy atom. The number of halogens is 2. The quantitative estimate of drug-likeness (QED) is 0.908. The van der Waals surface area contributed by atoms with Gasteiger partial charge in [-0.15, -0.1) is 0 Å². The van der Waals surface area contributed by atoms with Crippen molar-refractivity contribution in [1.82, 2.24) is 9.78 Å². The number of anilines is 1. The van der Waals surface area contributed by atoms with Crippen LogP contribution in [0.25, 0.3) is 0 Å². The molecule has 100 valence electrons. The molecule has 1 aliphatic carbocycles. The molecular formula is C14H15ClFN3. The predicted octanol–water partition coefficient (Wildman–Crippen LogP) is 3.70. The normalized spacial score (nSPS) is 18.2. The molecule has 1 aromatic heterocycles. The smallest absolute Gasteiger partial charge is 0.143 e. The molecule has 3 nitrogen and oxygen atoms in total. The van der Waals surface area contributed by atoms with Crippen molar-refractivity contribution in [3.8, 4) is 0 Å². The van der Waals surface area contributed by atoms with E-state index in [1.165, 1.54) is 17.3 Å². The minimum Gasteiger partial charge on any atom is -0.378 e. The van der Waals surface area contributed by atoms with Gasteiger partial charge in [-0.3, -0.25) is 4.68 Å². The number of aryl methyl sites for hydroxylation is 1. The summed E-state index contributed by atoms with van der Waals surface area (Å²) in [6, 6.07) is 5.01. The molecule has 1 aliphatic rings. The molecule has 2 aromatic rings. The molecule has 0 aliphatic heterocycles. The fraction of sp³-hybridized carbons (Fsp3) is 0.357. The summed E-state index contributed by atoms with van der Waals surface area (Å²) in [6.45, 7) is 0. The topological polar surface area (TPSA) is 29.9 Å². The van der Waals surface area contributed by atoms with E-state index in [0.717, 1.165) is 24.9 Å². The highest BCUT2D eigenvalue weighted by atomic mass is 35.5. The Balaban J connectivity index is 1.86. The predicted molar refractivity (Wildman–Crippen MR) is 73.9 cm³/mol. The van der Waals surface area contributed by atoms with Crippen LogP contribution in [0.3, 0.4) is 0 Å². The molecule has 0 bridgehead atoms. The highest BCUT2D eigenvalue weighted by Crippen LogP contribution is 2.32. The standard InChI is InChI=1S/C14H15ClFN3/c1-19-14-4-2-3-13(10(14)8-17-19)18-9-5-6-11(15)12(16)7-9/h5-8,13,18H,2-4H2,1H3. The molecule has 1 unspecified atom stereocenters.